The number of fused-ring (bicyclic) bond motifs is 3. The van der Waals surface area contributed by atoms with Crippen LogP contribution in [0, 0.1) is 6.92 Å². The predicted octanol–water partition coefficient (Wildman–Crippen LogP) is 3.05. The van der Waals surface area contributed by atoms with Crippen LogP contribution >= 0.6 is 0 Å². The fourth-order valence-electron chi connectivity index (χ4n) is 2.87. The molecule has 0 amide bonds. The number of hydrogen-bond acceptors (Lipinski definition) is 4. The summed E-state index contributed by atoms with van der Waals surface area (Å²) in [6.45, 7) is 2.05. The van der Waals surface area contributed by atoms with Gasteiger partial charge in [-0.05, 0) is 24.6 Å². The number of hydrogen-bond donors (Lipinski definition) is 2. The quantitative estimate of drug-likeness (QED) is 0.564. The average molecular weight is 289 g/mol. The van der Waals surface area contributed by atoms with Gasteiger partial charge in [-0.3, -0.25) is 0 Å². The van der Waals surface area contributed by atoms with E-state index in [-0.39, 0.29) is 0 Å². The Kier molecular flexibility index (Phi) is 2.56. The lowest BCUT2D eigenvalue weighted by Crippen LogP contribution is -2.00. The number of benzene rings is 2. The summed E-state index contributed by atoms with van der Waals surface area (Å²) in [5.74, 6) is 0.806. The number of para-hydroxylation sites is 2. The molecule has 0 radical (unpaired) electrons. The summed E-state index contributed by atoms with van der Waals surface area (Å²) in [5.41, 5.74) is 16.0. The van der Waals surface area contributed by atoms with Gasteiger partial charge in [-0.25, -0.2) is 9.67 Å². The van der Waals surface area contributed by atoms with Gasteiger partial charge in [0.25, 0.3) is 0 Å². The second-order valence-electron chi connectivity index (χ2n) is 5.32. The van der Waals surface area contributed by atoms with Gasteiger partial charge in [0.2, 0.25) is 0 Å². The molecule has 5 nitrogen and oxygen atoms in total. The number of aryl methyl sites for hydroxylation is 1. The number of nitrogen functional groups attached to an aromatic ring is 2. The van der Waals surface area contributed by atoms with Gasteiger partial charge in [0.05, 0.1) is 22.1 Å². The van der Waals surface area contributed by atoms with E-state index in [9.17, 15) is 0 Å². The third-order valence-electron chi connectivity index (χ3n) is 3.91. The molecule has 4 N–H and O–H groups in total. The highest BCUT2D eigenvalue weighted by Gasteiger charge is 2.17. The molecule has 2 aromatic carbocycles. The fourth-order valence-corrected chi connectivity index (χ4v) is 2.87. The lowest BCUT2D eigenvalue weighted by atomic mass is 10.1. The predicted molar refractivity (Wildman–Crippen MR) is 89.9 cm³/mol. The molecular formula is C17H15N5. The van der Waals surface area contributed by atoms with E-state index >= 15 is 0 Å². The summed E-state index contributed by atoms with van der Waals surface area (Å²) in [4.78, 5) is 4.44. The third-order valence-corrected chi connectivity index (χ3v) is 3.91. The van der Waals surface area contributed by atoms with Crippen LogP contribution in [0.2, 0.25) is 0 Å². The second kappa shape index (κ2) is 4.46. The molecule has 4 rings (SSSR count). The van der Waals surface area contributed by atoms with Gasteiger partial charge in [0.1, 0.15) is 5.82 Å². The summed E-state index contributed by atoms with van der Waals surface area (Å²) >= 11 is 0. The molecule has 5 heteroatoms. The van der Waals surface area contributed by atoms with Crippen LogP contribution < -0.4 is 11.5 Å². The number of nitrogens with two attached hydrogens (primary N) is 2. The first kappa shape index (κ1) is 12.6. The van der Waals surface area contributed by atoms with Crippen molar-refractivity contribution in [2.45, 2.75) is 6.92 Å². The van der Waals surface area contributed by atoms with Crippen molar-refractivity contribution < 1.29 is 0 Å². The summed E-state index contributed by atoms with van der Waals surface area (Å²) < 4.78 is 1.86. The number of anilines is 2. The first-order valence-corrected chi connectivity index (χ1v) is 7.05. The van der Waals surface area contributed by atoms with E-state index in [1.54, 1.807) is 0 Å². The van der Waals surface area contributed by atoms with Crippen LogP contribution in [-0.4, -0.2) is 14.8 Å². The Hall–Kier alpha value is -3.08. The van der Waals surface area contributed by atoms with E-state index in [2.05, 4.69) is 10.1 Å². The van der Waals surface area contributed by atoms with Crippen LogP contribution in [0.25, 0.3) is 27.5 Å². The maximum atomic E-state index is 6.11. The second-order valence-corrected chi connectivity index (χ2v) is 5.32. The number of nitrogens with zero attached hydrogens (tertiary/aromatic N) is 3. The lowest BCUT2D eigenvalue weighted by molar-refractivity contribution is 0.911. The molecule has 0 atom stereocenters. The highest BCUT2D eigenvalue weighted by Crippen LogP contribution is 2.33. The first-order valence-electron chi connectivity index (χ1n) is 7.05. The van der Waals surface area contributed by atoms with E-state index in [1.165, 1.54) is 0 Å². The minimum atomic E-state index is 0.397. The van der Waals surface area contributed by atoms with Crippen LogP contribution in [0.15, 0.2) is 48.5 Å². The zero-order chi connectivity index (χ0) is 15.3. The van der Waals surface area contributed by atoms with Crippen LogP contribution in [0.1, 0.15) is 5.56 Å². The highest BCUT2D eigenvalue weighted by molar-refractivity contribution is 6.12. The van der Waals surface area contributed by atoms with Crippen LogP contribution in [0.3, 0.4) is 0 Å². The third kappa shape index (κ3) is 1.65. The Balaban J connectivity index is 2.23. The van der Waals surface area contributed by atoms with E-state index < -0.39 is 0 Å². The zero-order valence-corrected chi connectivity index (χ0v) is 12.1. The fraction of sp³-hybridized carbons (Fsp3) is 0.0588. The molecule has 0 bridgehead atoms. The van der Waals surface area contributed by atoms with Crippen molar-refractivity contribution in [2.75, 3.05) is 11.5 Å². The summed E-state index contributed by atoms with van der Waals surface area (Å²) in [5, 5.41) is 6.20. The molecular weight excluding hydrogens is 274 g/mol. The average Bonchev–Trinajstić information content (AvgIpc) is 2.86. The van der Waals surface area contributed by atoms with E-state index in [4.69, 9.17) is 11.5 Å². The number of rotatable bonds is 1. The Morgan fingerprint density at radius 1 is 0.909 bits per heavy atom. The number of aromatic nitrogens is 3. The van der Waals surface area contributed by atoms with Crippen molar-refractivity contribution in [3.05, 3.63) is 54.1 Å². The number of pyridine rings is 1. The van der Waals surface area contributed by atoms with Crippen LogP contribution in [0.5, 0.6) is 0 Å². The first-order chi connectivity index (χ1) is 10.7. The van der Waals surface area contributed by atoms with Crippen molar-refractivity contribution in [2.24, 2.45) is 0 Å². The lowest BCUT2D eigenvalue weighted by Gasteiger charge is -2.09. The highest BCUT2D eigenvalue weighted by atomic mass is 15.3. The molecule has 0 saturated carbocycles. The Bertz CT molecular complexity index is 1020. The van der Waals surface area contributed by atoms with Gasteiger partial charge in [0, 0.05) is 5.39 Å². The van der Waals surface area contributed by atoms with Gasteiger partial charge in [-0.15, -0.1) is 5.10 Å². The summed E-state index contributed by atoms with van der Waals surface area (Å²) in [6.07, 6.45) is 0. The smallest absolute Gasteiger partial charge is 0.157 e. The maximum absolute atomic E-state index is 6.11. The maximum Gasteiger partial charge on any atom is 0.157 e. The van der Waals surface area contributed by atoms with Crippen molar-refractivity contribution in [1.82, 2.24) is 14.8 Å². The van der Waals surface area contributed by atoms with E-state index in [0.717, 1.165) is 27.7 Å². The summed E-state index contributed by atoms with van der Waals surface area (Å²) in [6, 6.07) is 15.9. The van der Waals surface area contributed by atoms with E-state index in [1.807, 2.05) is 60.1 Å². The summed E-state index contributed by atoms with van der Waals surface area (Å²) in [7, 11) is 0. The van der Waals surface area contributed by atoms with Gasteiger partial charge in [-0.2, -0.15) is 0 Å². The molecule has 0 aliphatic rings. The zero-order valence-electron chi connectivity index (χ0n) is 12.1. The minimum Gasteiger partial charge on any atom is -0.383 e. The molecule has 0 spiro atoms. The molecule has 2 aromatic heterocycles. The monoisotopic (exact) mass is 289 g/mol. The molecule has 0 aliphatic carbocycles. The van der Waals surface area contributed by atoms with Crippen molar-refractivity contribution >= 4 is 33.4 Å². The SMILES string of the molecule is Cc1ccccc1-n1nc(N)c2c(N)nc3ccccc3c21. The van der Waals surface area contributed by atoms with Gasteiger partial charge in [-0.1, -0.05) is 36.4 Å². The van der Waals surface area contributed by atoms with Crippen molar-refractivity contribution in [3.63, 3.8) is 0 Å². The van der Waals surface area contributed by atoms with E-state index in [0.29, 0.717) is 17.0 Å². The Labute approximate surface area is 127 Å². The largest absolute Gasteiger partial charge is 0.383 e. The standard InChI is InChI=1S/C17H15N5/c1-10-6-2-5-9-13(10)22-15-11-7-3-4-8-12(11)20-16(18)14(15)17(19)21-22/h2-9H,1H3,(H2,18,20)(H2,19,21). The molecule has 0 unspecified atom stereocenters. The van der Waals surface area contributed by atoms with Crippen molar-refractivity contribution in [3.8, 4) is 5.69 Å². The topological polar surface area (TPSA) is 82.8 Å². The van der Waals surface area contributed by atoms with Gasteiger partial charge >= 0.3 is 0 Å². The molecule has 22 heavy (non-hydrogen) atoms. The molecule has 108 valence electrons. The molecule has 2 heterocycles. The van der Waals surface area contributed by atoms with Gasteiger partial charge in [0.15, 0.2) is 5.82 Å². The van der Waals surface area contributed by atoms with Crippen LogP contribution in [-0.2, 0) is 0 Å². The van der Waals surface area contributed by atoms with Gasteiger partial charge < -0.3 is 11.5 Å². The Morgan fingerprint density at radius 3 is 2.45 bits per heavy atom. The Morgan fingerprint density at radius 2 is 1.64 bits per heavy atom. The molecule has 0 aliphatic heterocycles. The molecule has 0 saturated heterocycles. The normalized spacial score (nSPS) is 11.3. The molecule has 0 fully saturated rings. The molecule has 4 aromatic rings. The van der Waals surface area contributed by atoms with Crippen molar-refractivity contribution in [1.29, 1.82) is 0 Å². The minimum absolute atomic E-state index is 0.397. The van der Waals surface area contributed by atoms with Crippen LogP contribution in [0.4, 0.5) is 11.6 Å².